The lowest BCUT2D eigenvalue weighted by Gasteiger charge is -2.30. The molecule has 0 aromatic heterocycles. The van der Waals surface area contributed by atoms with Gasteiger partial charge in [0.05, 0.1) is 33.4 Å². The van der Waals surface area contributed by atoms with Crippen LogP contribution in [0.15, 0.2) is 12.1 Å². The summed E-state index contributed by atoms with van der Waals surface area (Å²) in [7, 11) is 4.67. The molecule has 2 amide bonds. The first-order valence-corrected chi connectivity index (χ1v) is 8.29. The highest BCUT2D eigenvalue weighted by atomic mass is 16.5. The van der Waals surface area contributed by atoms with Crippen molar-refractivity contribution in [2.45, 2.75) is 25.8 Å². The van der Waals surface area contributed by atoms with E-state index < -0.39 is 0 Å². The van der Waals surface area contributed by atoms with Gasteiger partial charge in [-0.25, -0.2) is 4.79 Å². The second kappa shape index (κ2) is 8.47. The molecule has 1 atom stereocenters. The van der Waals surface area contributed by atoms with Crippen molar-refractivity contribution in [3.8, 4) is 23.3 Å². The van der Waals surface area contributed by atoms with Crippen molar-refractivity contribution in [2.24, 2.45) is 5.92 Å². The van der Waals surface area contributed by atoms with E-state index in [1.165, 1.54) is 0 Å². The van der Waals surface area contributed by atoms with Gasteiger partial charge in [-0.2, -0.15) is 5.26 Å². The molecule has 1 N–H and O–H groups in total. The first-order chi connectivity index (χ1) is 12.0. The van der Waals surface area contributed by atoms with Crippen LogP contribution in [0.2, 0.25) is 0 Å². The van der Waals surface area contributed by atoms with Crippen LogP contribution >= 0.6 is 0 Å². The van der Waals surface area contributed by atoms with Gasteiger partial charge in [0.2, 0.25) is 5.75 Å². The largest absolute Gasteiger partial charge is 0.493 e. The average molecular weight is 347 g/mol. The second-order valence-corrected chi connectivity index (χ2v) is 6.02. The standard InChI is InChI=1S/C18H25N3O4/c1-12(20-18(22)21-7-5-13(11-19)6-8-21)14-9-15(23-2)17(25-4)16(10-14)24-3/h9-10,12-13H,5-8H2,1-4H3,(H,20,22)/t12-/m0/s1. The number of urea groups is 1. The van der Waals surface area contributed by atoms with Crippen LogP contribution in [-0.2, 0) is 0 Å². The summed E-state index contributed by atoms with van der Waals surface area (Å²) >= 11 is 0. The van der Waals surface area contributed by atoms with Crippen LogP contribution in [0.1, 0.15) is 31.4 Å². The molecule has 0 bridgehead atoms. The van der Waals surface area contributed by atoms with Crippen LogP contribution in [0, 0.1) is 17.2 Å². The molecular formula is C18H25N3O4. The van der Waals surface area contributed by atoms with Crippen LogP contribution in [0.5, 0.6) is 17.2 Å². The molecule has 136 valence electrons. The SMILES string of the molecule is COc1cc([C@H](C)NC(=O)N2CCC(C#N)CC2)cc(OC)c1OC. The first-order valence-electron chi connectivity index (χ1n) is 8.29. The highest BCUT2D eigenvalue weighted by molar-refractivity contribution is 5.75. The normalized spacial score (nSPS) is 15.9. The van der Waals surface area contributed by atoms with Crippen molar-refractivity contribution in [2.75, 3.05) is 34.4 Å². The number of amides is 2. The lowest BCUT2D eigenvalue weighted by molar-refractivity contribution is 0.176. The molecular weight excluding hydrogens is 322 g/mol. The maximum absolute atomic E-state index is 12.5. The van der Waals surface area contributed by atoms with Crippen molar-refractivity contribution < 1.29 is 19.0 Å². The molecule has 1 fully saturated rings. The van der Waals surface area contributed by atoms with Crippen LogP contribution in [0.3, 0.4) is 0 Å². The highest BCUT2D eigenvalue weighted by Crippen LogP contribution is 2.39. The Bertz CT molecular complexity index is 623. The van der Waals surface area contributed by atoms with Gasteiger partial charge in [-0.1, -0.05) is 0 Å². The van der Waals surface area contributed by atoms with Gasteiger partial charge in [-0.05, 0) is 37.5 Å². The van der Waals surface area contributed by atoms with Crippen LogP contribution in [0.25, 0.3) is 0 Å². The van der Waals surface area contributed by atoms with E-state index in [9.17, 15) is 4.79 Å². The minimum Gasteiger partial charge on any atom is -0.493 e. The zero-order valence-corrected chi connectivity index (χ0v) is 15.2. The number of carbonyl (C=O) groups excluding carboxylic acids is 1. The quantitative estimate of drug-likeness (QED) is 0.885. The number of methoxy groups -OCH3 is 3. The van der Waals surface area contributed by atoms with E-state index in [1.807, 2.05) is 19.1 Å². The Hall–Kier alpha value is -2.62. The van der Waals surface area contributed by atoms with Gasteiger partial charge in [0.1, 0.15) is 0 Å². The van der Waals surface area contributed by atoms with Crippen LogP contribution in [-0.4, -0.2) is 45.3 Å². The van der Waals surface area contributed by atoms with Gasteiger partial charge in [0.25, 0.3) is 0 Å². The summed E-state index contributed by atoms with van der Waals surface area (Å²) in [6.45, 7) is 3.11. The number of rotatable bonds is 5. The molecule has 0 radical (unpaired) electrons. The topological polar surface area (TPSA) is 83.8 Å². The number of likely N-dealkylation sites (tertiary alicyclic amines) is 1. The van der Waals surface area contributed by atoms with Crippen molar-refractivity contribution in [1.82, 2.24) is 10.2 Å². The minimum atomic E-state index is -0.227. The number of benzene rings is 1. The molecule has 0 saturated carbocycles. The number of ether oxygens (including phenoxy) is 3. The number of nitrogens with one attached hydrogen (secondary N) is 1. The molecule has 25 heavy (non-hydrogen) atoms. The Balaban J connectivity index is 2.09. The molecule has 1 aliphatic rings. The van der Waals surface area contributed by atoms with Crippen LogP contribution in [0.4, 0.5) is 4.79 Å². The zero-order chi connectivity index (χ0) is 18.4. The summed E-state index contributed by atoms with van der Waals surface area (Å²) in [5.74, 6) is 1.67. The van der Waals surface area contributed by atoms with Crippen molar-refractivity contribution in [3.63, 3.8) is 0 Å². The van der Waals surface area contributed by atoms with Gasteiger partial charge in [0, 0.05) is 19.0 Å². The molecule has 1 aliphatic heterocycles. The average Bonchev–Trinajstić information content (AvgIpc) is 2.66. The van der Waals surface area contributed by atoms with E-state index in [2.05, 4.69) is 11.4 Å². The fourth-order valence-electron chi connectivity index (χ4n) is 2.92. The molecule has 1 heterocycles. The molecule has 0 aliphatic carbocycles. The Labute approximate surface area is 148 Å². The Morgan fingerprint density at radius 1 is 1.20 bits per heavy atom. The number of hydrogen-bond acceptors (Lipinski definition) is 5. The number of carbonyl (C=O) groups is 1. The second-order valence-electron chi connectivity index (χ2n) is 6.02. The number of nitrogens with zero attached hydrogens (tertiary/aromatic N) is 2. The van der Waals surface area contributed by atoms with E-state index in [0.29, 0.717) is 30.3 Å². The first kappa shape index (κ1) is 18.7. The smallest absolute Gasteiger partial charge is 0.317 e. The number of hydrogen-bond donors (Lipinski definition) is 1. The summed E-state index contributed by atoms with van der Waals surface area (Å²) in [5, 5.41) is 11.9. The molecule has 7 heteroatoms. The highest BCUT2D eigenvalue weighted by Gasteiger charge is 2.24. The lowest BCUT2D eigenvalue weighted by atomic mass is 9.99. The van der Waals surface area contributed by atoms with E-state index in [4.69, 9.17) is 19.5 Å². The summed E-state index contributed by atoms with van der Waals surface area (Å²) in [6.07, 6.45) is 1.45. The molecule has 2 rings (SSSR count). The number of nitriles is 1. The Morgan fingerprint density at radius 2 is 1.76 bits per heavy atom. The van der Waals surface area contributed by atoms with Gasteiger partial charge in [0.15, 0.2) is 11.5 Å². The molecule has 0 spiro atoms. The predicted molar refractivity (Wildman–Crippen MR) is 93.0 cm³/mol. The fourth-order valence-corrected chi connectivity index (χ4v) is 2.92. The third-order valence-corrected chi connectivity index (χ3v) is 4.49. The molecule has 1 saturated heterocycles. The van der Waals surface area contributed by atoms with Crippen molar-refractivity contribution in [3.05, 3.63) is 17.7 Å². The summed E-state index contributed by atoms with van der Waals surface area (Å²) in [4.78, 5) is 14.2. The summed E-state index contributed by atoms with van der Waals surface area (Å²) in [6, 6.07) is 5.57. The Kier molecular flexibility index (Phi) is 6.34. The Morgan fingerprint density at radius 3 is 2.20 bits per heavy atom. The third kappa shape index (κ3) is 4.27. The zero-order valence-electron chi connectivity index (χ0n) is 15.2. The van der Waals surface area contributed by atoms with E-state index in [1.54, 1.807) is 26.2 Å². The number of piperidine rings is 1. The van der Waals surface area contributed by atoms with E-state index >= 15 is 0 Å². The summed E-state index contributed by atoms with van der Waals surface area (Å²) in [5.41, 5.74) is 0.856. The maximum Gasteiger partial charge on any atom is 0.317 e. The van der Waals surface area contributed by atoms with Crippen LogP contribution < -0.4 is 19.5 Å². The van der Waals surface area contributed by atoms with E-state index in [-0.39, 0.29) is 18.0 Å². The van der Waals surface area contributed by atoms with Crippen molar-refractivity contribution >= 4 is 6.03 Å². The van der Waals surface area contributed by atoms with Gasteiger partial charge < -0.3 is 24.4 Å². The molecule has 1 aromatic rings. The monoisotopic (exact) mass is 347 g/mol. The third-order valence-electron chi connectivity index (χ3n) is 4.49. The maximum atomic E-state index is 12.5. The summed E-state index contributed by atoms with van der Waals surface area (Å²) < 4.78 is 16.0. The van der Waals surface area contributed by atoms with Crippen molar-refractivity contribution in [1.29, 1.82) is 5.26 Å². The molecule has 7 nitrogen and oxygen atoms in total. The fraction of sp³-hybridized carbons (Fsp3) is 0.556. The van der Waals surface area contributed by atoms with E-state index in [0.717, 1.165) is 18.4 Å². The van der Waals surface area contributed by atoms with Gasteiger partial charge in [-0.15, -0.1) is 0 Å². The van der Waals surface area contributed by atoms with Gasteiger partial charge >= 0.3 is 6.03 Å². The lowest BCUT2D eigenvalue weighted by Crippen LogP contribution is -2.45. The van der Waals surface area contributed by atoms with Gasteiger partial charge in [-0.3, -0.25) is 0 Å². The minimum absolute atomic E-state index is 0.0524. The molecule has 0 unspecified atom stereocenters. The predicted octanol–water partition coefficient (Wildman–Crippen LogP) is 2.72. The molecule has 1 aromatic carbocycles.